The third kappa shape index (κ3) is 3.77. The Kier molecular flexibility index (Phi) is 5.23. The molecule has 0 radical (unpaired) electrons. The molecule has 0 aliphatic heterocycles. The van der Waals surface area contributed by atoms with Gasteiger partial charge in [-0.05, 0) is 30.7 Å². The molecule has 0 fully saturated rings. The number of hydrogen-bond acceptors (Lipinski definition) is 6. The molecule has 0 aliphatic rings. The minimum absolute atomic E-state index is 0.0504. The summed E-state index contributed by atoms with van der Waals surface area (Å²) < 4.78 is 41.3. The minimum Gasteiger partial charge on any atom is -0.396 e. The van der Waals surface area contributed by atoms with Crippen LogP contribution < -0.4 is 10.6 Å². The molecule has 4 aromatic rings. The Morgan fingerprint density at radius 1 is 1.29 bits per heavy atom. The molecule has 31 heavy (non-hydrogen) atoms. The molecule has 4 rings (SSSR count). The molecule has 1 amide bonds. The number of amides is 1. The third-order valence-electron chi connectivity index (χ3n) is 4.69. The predicted molar refractivity (Wildman–Crippen MR) is 107 cm³/mol. The number of halogens is 3. The number of imidazole rings is 1. The van der Waals surface area contributed by atoms with Crippen molar-refractivity contribution in [1.29, 1.82) is 0 Å². The van der Waals surface area contributed by atoms with Crippen molar-refractivity contribution in [3.05, 3.63) is 41.7 Å². The highest BCUT2D eigenvalue weighted by Crippen LogP contribution is 2.33. The van der Waals surface area contributed by atoms with Gasteiger partial charge in [0.2, 0.25) is 0 Å². The van der Waals surface area contributed by atoms with E-state index in [-0.39, 0.29) is 29.5 Å². The molecule has 0 saturated carbocycles. The highest BCUT2D eigenvalue weighted by molar-refractivity contribution is 5.93. The van der Waals surface area contributed by atoms with E-state index in [1.54, 1.807) is 4.40 Å². The van der Waals surface area contributed by atoms with Gasteiger partial charge in [-0.25, -0.2) is 9.97 Å². The van der Waals surface area contributed by atoms with Gasteiger partial charge < -0.3 is 15.7 Å². The number of aliphatic hydroxyl groups excluding tert-OH is 1. The van der Waals surface area contributed by atoms with Crippen LogP contribution in [0, 0.1) is 0 Å². The first-order chi connectivity index (χ1) is 14.8. The molecule has 4 N–H and O–H groups in total. The van der Waals surface area contributed by atoms with Gasteiger partial charge in [0.05, 0.1) is 34.2 Å². The second-order valence-corrected chi connectivity index (χ2v) is 6.71. The number of fused-ring (bicyclic) bond motifs is 3. The van der Waals surface area contributed by atoms with Gasteiger partial charge in [-0.1, -0.05) is 0 Å². The van der Waals surface area contributed by atoms with Crippen LogP contribution in [0.5, 0.6) is 0 Å². The van der Waals surface area contributed by atoms with Crippen molar-refractivity contribution in [3.63, 3.8) is 0 Å². The number of aromatic nitrogens is 5. The fraction of sp³-hybridized carbons (Fsp3) is 0.263. The molecular formula is C19H18F3N7O2. The lowest BCUT2D eigenvalue weighted by atomic mass is 10.2. The van der Waals surface area contributed by atoms with Crippen molar-refractivity contribution in [3.8, 4) is 11.4 Å². The van der Waals surface area contributed by atoms with E-state index >= 15 is 0 Å². The summed E-state index contributed by atoms with van der Waals surface area (Å²) in [5, 5.41) is 21.2. The first-order valence-corrected chi connectivity index (χ1v) is 9.34. The number of anilines is 1. The van der Waals surface area contributed by atoms with E-state index < -0.39 is 11.7 Å². The smallest absolute Gasteiger partial charge is 0.396 e. The summed E-state index contributed by atoms with van der Waals surface area (Å²) in [6, 6.07) is 4.81. The molecule has 0 atom stereocenters. The molecular weight excluding hydrogens is 415 g/mol. The first-order valence-electron chi connectivity index (χ1n) is 9.34. The highest BCUT2D eigenvalue weighted by Gasteiger charge is 2.31. The van der Waals surface area contributed by atoms with Gasteiger partial charge in [0.15, 0.2) is 17.2 Å². The van der Waals surface area contributed by atoms with Crippen molar-refractivity contribution in [2.45, 2.75) is 12.6 Å². The second kappa shape index (κ2) is 7.87. The Hall–Kier alpha value is -3.67. The summed E-state index contributed by atoms with van der Waals surface area (Å²) in [7, 11) is 1.48. The molecule has 0 bridgehead atoms. The molecule has 0 spiro atoms. The summed E-state index contributed by atoms with van der Waals surface area (Å²) in [6.07, 6.45) is -2.57. The van der Waals surface area contributed by atoms with Crippen LogP contribution >= 0.6 is 0 Å². The van der Waals surface area contributed by atoms with Gasteiger partial charge in [0.1, 0.15) is 0 Å². The Labute approximate surface area is 173 Å². The number of carbonyl (C=O) groups is 1. The monoisotopic (exact) mass is 433 g/mol. The Bertz CT molecular complexity index is 1260. The number of aliphatic hydroxyl groups is 1. The zero-order valence-electron chi connectivity index (χ0n) is 16.3. The van der Waals surface area contributed by atoms with Gasteiger partial charge >= 0.3 is 6.18 Å². The molecule has 162 valence electrons. The largest absolute Gasteiger partial charge is 0.416 e. The summed E-state index contributed by atoms with van der Waals surface area (Å²) in [6.45, 7) is 0.307. The maximum atomic E-state index is 13.2. The zero-order chi connectivity index (χ0) is 22.2. The SMILES string of the molecule is CNC(=O)c1cc(-c2cnc3c(NCCCO)nc4cc(C(F)(F)F)ccc4n23)[nH]n1. The fourth-order valence-corrected chi connectivity index (χ4v) is 3.20. The molecule has 9 nitrogen and oxygen atoms in total. The van der Waals surface area contributed by atoms with E-state index in [1.807, 2.05) is 0 Å². The Morgan fingerprint density at radius 2 is 2.10 bits per heavy atom. The maximum Gasteiger partial charge on any atom is 0.416 e. The Morgan fingerprint density at radius 3 is 2.81 bits per heavy atom. The number of aromatic amines is 1. The molecule has 3 aromatic heterocycles. The van der Waals surface area contributed by atoms with E-state index in [2.05, 4.69) is 30.8 Å². The zero-order valence-corrected chi connectivity index (χ0v) is 16.3. The third-order valence-corrected chi connectivity index (χ3v) is 4.69. The standard InChI is InChI=1S/C19H18F3N7O2/c1-23-18(31)13-8-12(27-28-13)15-9-25-17-16(24-5-2-6-30)26-11-7-10(19(20,21)22)3-4-14(11)29(15)17/h3-4,7-9,30H,2,5-6H2,1H3,(H,23,31)(H,24,26)(H,27,28). The van der Waals surface area contributed by atoms with Gasteiger partial charge in [0, 0.05) is 20.2 Å². The van der Waals surface area contributed by atoms with E-state index in [0.717, 1.165) is 12.1 Å². The van der Waals surface area contributed by atoms with Crippen molar-refractivity contribution >= 4 is 28.4 Å². The van der Waals surface area contributed by atoms with Gasteiger partial charge in [-0.15, -0.1) is 0 Å². The molecule has 3 heterocycles. The number of carbonyl (C=O) groups excluding carboxylic acids is 1. The van der Waals surface area contributed by atoms with Crippen LogP contribution in [-0.4, -0.2) is 55.8 Å². The fourth-order valence-electron chi connectivity index (χ4n) is 3.20. The van der Waals surface area contributed by atoms with Crippen LogP contribution in [0.2, 0.25) is 0 Å². The topological polar surface area (TPSA) is 120 Å². The minimum atomic E-state index is -4.52. The van der Waals surface area contributed by atoms with Crippen LogP contribution in [0.15, 0.2) is 30.5 Å². The lowest BCUT2D eigenvalue weighted by Crippen LogP contribution is -2.17. The van der Waals surface area contributed by atoms with Crippen molar-refractivity contribution in [2.75, 3.05) is 25.5 Å². The quantitative estimate of drug-likeness (QED) is 0.347. The normalized spacial score (nSPS) is 11.9. The maximum absolute atomic E-state index is 13.2. The van der Waals surface area contributed by atoms with E-state index in [4.69, 9.17) is 5.11 Å². The number of rotatable bonds is 6. The van der Waals surface area contributed by atoms with Crippen LogP contribution in [0.3, 0.4) is 0 Å². The summed E-state index contributed by atoms with van der Waals surface area (Å²) in [4.78, 5) is 20.6. The van der Waals surface area contributed by atoms with Gasteiger partial charge in [-0.3, -0.25) is 14.3 Å². The Balaban J connectivity index is 1.93. The van der Waals surface area contributed by atoms with E-state index in [9.17, 15) is 18.0 Å². The predicted octanol–water partition coefficient (Wildman–Crippen LogP) is 2.45. The number of H-pyrrole nitrogens is 1. The average Bonchev–Trinajstić information content (AvgIpc) is 3.39. The van der Waals surface area contributed by atoms with Crippen LogP contribution in [0.4, 0.5) is 19.0 Å². The number of benzene rings is 1. The van der Waals surface area contributed by atoms with Gasteiger partial charge in [-0.2, -0.15) is 18.3 Å². The van der Waals surface area contributed by atoms with E-state index in [1.165, 1.54) is 25.4 Å². The summed E-state index contributed by atoms with van der Waals surface area (Å²) in [5.41, 5.74) is 1.19. The lowest BCUT2D eigenvalue weighted by molar-refractivity contribution is -0.137. The highest BCUT2D eigenvalue weighted by atomic mass is 19.4. The van der Waals surface area contributed by atoms with Crippen molar-refractivity contribution in [1.82, 2.24) is 29.9 Å². The average molecular weight is 433 g/mol. The molecule has 0 unspecified atom stereocenters. The number of alkyl halides is 3. The number of nitrogens with zero attached hydrogens (tertiary/aromatic N) is 4. The number of hydrogen-bond donors (Lipinski definition) is 4. The van der Waals surface area contributed by atoms with Crippen molar-refractivity contribution in [2.24, 2.45) is 0 Å². The molecule has 0 saturated heterocycles. The lowest BCUT2D eigenvalue weighted by Gasteiger charge is -2.13. The van der Waals surface area contributed by atoms with Crippen LogP contribution in [0.1, 0.15) is 22.5 Å². The van der Waals surface area contributed by atoms with Crippen LogP contribution in [-0.2, 0) is 6.18 Å². The molecule has 0 aliphatic carbocycles. The second-order valence-electron chi connectivity index (χ2n) is 6.71. The summed E-state index contributed by atoms with van der Waals surface area (Å²) >= 11 is 0. The summed E-state index contributed by atoms with van der Waals surface area (Å²) in [5.74, 6) is -0.110. The molecule has 1 aromatic carbocycles. The number of nitrogens with one attached hydrogen (secondary N) is 3. The first kappa shape index (κ1) is 20.6. The van der Waals surface area contributed by atoms with E-state index in [0.29, 0.717) is 35.5 Å². The van der Waals surface area contributed by atoms with Crippen molar-refractivity contribution < 1.29 is 23.1 Å². The van der Waals surface area contributed by atoms with Crippen LogP contribution in [0.25, 0.3) is 28.1 Å². The van der Waals surface area contributed by atoms with Gasteiger partial charge in [0.25, 0.3) is 5.91 Å². The molecule has 12 heteroatoms.